The summed E-state index contributed by atoms with van der Waals surface area (Å²) in [4.78, 5) is 15.7. The van der Waals surface area contributed by atoms with Gasteiger partial charge >= 0.3 is 5.97 Å². The number of carbonyl (C=O) groups excluding carboxylic acids is 1. The molecular formula is C13H14BrN3O2. The van der Waals surface area contributed by atoms with Crippen molar-refractivity contribution in [3.8, 4) is 12.1 Å². The summed E-state index contributed by atoms with van der Waals surface area (Å²) in [6.07, 6.45) is 1.54. The lowest BCUT2D eigenvalue weighted by molar-refractivity contribution is -0.147. The van der Waals surface area contributed by atoms with Gasteiger partial charge in [0.1, 0.15) is 4.60 Å². The van der Waals surface area contributed by atoms with Crippen LogP contribution in [0.4, 0.5) is 0 Å². The van der Waals surface area contributed by atoms with Gasteiger partial charge in [0.15, 0.2) is 5.41 Å². The molecule has 0 aliphatic rings. The quantitative estimate of drug-likeness (QED) is 0.630. The Bertz CT molecular complexity index is 519. The number of nitrogens with zero attached hydrogens (tertiary/aromatic N) is 3. The van der Waals surface area contributed by atoms with Crippen LogP contribution >= 0.6 is 15.9 Å². The van der Waals surface area contributed by atoms with Gasteiger partial charge in [-0.05, 0) is 47.5 Å². The van der Waals surface area contributed by atoms with Crippen LogP contribution in [0.1, 0.15) is 26.3 Å². The molecule has 1 aromatic heterocycles. The minimum absolute atomic E-state index is 0.252. The van der Waals surface area contributed by atoms with Crippen molar-refractivity contribution in [2.24, 2.45) is 0 Å². The van der Waals surface area contributed by atoms with E-state index in [2.05, 4.69) is 20.9 Å². The summed E-state index contributed by atoms with van der Waals surface area (Å²) in [6, 6.07) is 7.00. The number of rotatable bonds is 3. The van der Waals surface area contributed by atoms with Crippen LogP contribution in [-0.2, 0) is 14.9 Å². The van der Waals surface area contributed by atoms with Crippen LogP contribution in [0.15, 0.2) is 22.9 Å². The molecule has 0 radical (unpaired) electrons. The third-order valence-electron chi connectivity index (χ3n) is 2.21. The molecule has 0 amide bonds. The maximum absolute atomic E-state index is 11.7. The summed E-state index contributed by atoms with van der Waals surface area (Å²) < 4.78 is 5.47. The molecule has 1 unspecified atom stereocenters. The molecule has 0 fully saturated rings. The van der Waals surface area contributed by atoms with E-state index in [0.29, 0.717) is 10.2 Å². The van der Waals surface area contributed by atoms with Gasteiger partial charge in [0.25, 0.3) is 0 Å². The van der Waals surface area contributed by atoms with Gasteiger partial charge in [-0.2, -0.15) is 10.5 Å². The molecule has 0 aromatic carbocycles. The minimum atomic E-state index is -1.29. The number of hydrogen-bond donors (Lipinski definition) is 0. The zero-order valence-electron chi connectivity index (χ0n) is 11.0. The highest BCUT2D eigenvalue weighted by Gasteiger charge is 2.37. The highest BCUT2D eigenvalue weighted by atomic mass is 79.9. The van der Waals surface area contributed by atoms with Crippen LogP contribution in [0.25, 0.3) is 0 Å². The van der Waals surface area contributed by atoms with Crippen molar-refractivity contribution in [2.45, 2.75) is 26.2 Å². The van der Waals surface area contributed by atoms with Gasteiger partial charge in [0.2, 0.25) is 0 Å². The van der Waals surface area contributed by atoms with Crippen LogP contribution in [0, 0.1) is 22.7 Å². The average molecular weight is 324 g/mol. The van der Waals surface area contributed by atoms with E-state index in [4.69, 9.17) is 15.3 Å². The highest BCUT2D eigenvalue weighted by Crippen LogP contribution is 2.26. The van der Waals surface area contributed by atoms with Crippen molar-refractivity contribution in [1.82, 2.24) is 4.98 Å². The van der Waals surface area contributed by atoms with Crippen molar-refractivity contribution < 1.29 is 9.53 Å². The predicted molar refractivity (Wildman–Crippen MR) is 72.8 cm³/mol. The Balaban J connectivity index is 0.000000982. The van der Waals surface area contributed by atoms with E-state index in [9.17, 15) is 4.79 Å². The fraction of sp³-hybridized carbons (Fsp3) is 0.385. The van der Waals surface area contributed by atoms with Crippen molar-refractivity contribution in [1.29, 1.82) is 10.5 Å². The minimum Gasteiger partial charge on any atom is -0.465 e. The van der Waals surface area contributed by atoms with Crippen LogP contribution < -0.4 is 0 Å². The third-order valence-corrected chi connectivity index (χ3v) is 2.64. The average Bonchev–Trinajstić information content (AvgIpc) is 2.39. The molecule has 0 aliphatic heterocycles. The first-order chi connectivity index (χ1) is 8.96. The molecule has 1 rings (SSSR count). The molecule has 1 atom stereocenters. The Morgan fingerprint density at radius 2 is 2.16 bits per heavy atom. The molecule has 0 saturated carbocycles. The maximum Gasteiger partial charge on any atom is 0.330 e. The zero-order chi connectivity index (χ0) is 14.9. The van der Waals surface area contributed by atoms with Crippen LogP contribution in [0.3, 0.4) is 0 Å². The molecule has 100 valence electrons. The number of aromatic nitrogens is 1. The second-order valence-corrected chi connectivity index (χ2v) is 4.36. The summed E-state index contributed by atoms with van der Waals surface area (Å²) in [5.74, 6) is -0.546. The SMILES string of the molecule is CC#N.CCOC(=O)C(C)(C#N)c1ccnc(Br)c1. The predicted octanol–water partition coefficient (Wildman–Crippen LogP) is 2.72. The summed E-state index contributed by atoms with van der Waals surface area (Å²) in [6.45, 7) is 4.92. The van der Waals surface area contributed by atoms with Crippen LogP contribution in [-0.4, -0.2) is 17.6 Å². The second kappa shape index (κ2) is 8.23. The molecular weight excluding hydrogens is 310 g/mol. The lowest BCUT2D eigenvalue weighted by Gasteiger charge is -2.19. The Hall–Kier alpha value is -1.92. The first-order valence-electron chi connectivity index (χ1n) is 5.47. The molecule has 0 spiro atoms. The number of pyridine rings is 1. The van der Waals surface area contributed by atoms with Gasteiger partial charge in [-0.1, -0.05) is 0 Å². The van der Waals surface area contributed by atoms with Crippen molar-refractivity contribution in [2.75, 3.05) is 6.61 Å². The fourth-order valence-corrected chi connectivity index (χ4v) is 1.58. The van der Waals surface area contributed by atoms with Gasteiger partial charge in [-0.3, -0.25) is 0 Å². The molecule has 0 bridgehead atoms. The second-order valence-electron chi connectivity index (χ2n) is 3.55. The zero-order valence-corrected chi connectivity index (χ0v) is 12.6. The normalized spacial score (nSPS) is 11.9. The Labute approximate surface area is 121 Å². The monoisotopic (exact) mass is 323 g/mol. The number of hydrogen-bond acceptors (Lipinski definition) is 5. The molecule has 5 nitrogen and oxygen atoms in total. The van der Waals surface area contributed by atoms with Gasteiger partial charge in [-0.25, -0.2) is 9.78 Å². The van der Waals surface area contributed by atoms with Gasteiger partial charge in [0, 0.05) is 13.1 Å². The molecule has 0 N–H and O–H groups in total. The van der Waals surface area contributed by atoms with E-state index in [1.807, 2.05) is 6.07 Å². The molecule has 1 heterocycles. The number of nitriles is 2. The standard InChI is InChI=1S/C11H11BrN2O2.C2H3N/c1-3-16-10(15)11(2,7-13)8-4-5-14-9(12)6-8;1-2-3/h4-6H,3H2,1-2H3;1H3. The van der Waals surface area contributed by atoms with Gasteiger partial charge in [0.05, 0.1) is 18.7 Å². The first-order valence-corrected chi connectivity index (χ1v) is 6.26. The van der Waals surface area contributed by atoms with E-state index < -0.39 is 11.4 Å². The molecule has 6 heteroatoms. The van der Waals surface area contributed by atoms with Gasteiger partial charge in [-0.15, -0.1) is 0 Å². The summed E-state index contributed by atoms with van der Waals surface area (Å²) in [5, 5.41) is 16.5. The van der Waals surface area contributed by atoms with Crippen molar-refractivity contribution >= 4 is 21.9 Å². The fourth-order valence-electron chi connectivity index (χ4n) is 1.22. The van der Waals surface area contributed by atoms with Crippen LogP contribution in [0.5, 0.6) is 0 Å². The smallest absolute Gasteiger partial charge is 0.330 e. The molecule has 1 aromatic rings. The Morgan fingerprint density at radius 3 is 2.58 bits per heavy atom. The summed E-state index contributed by atoms with van der Waals surface area (Å²) in [5.41, 5.74) is -0.725. The lowest BCUT2D eigenvalue weighted by Crippen LogP contribution is -2.32. The highest BCUT2D eigenvalue weighted by molar-refractivity contribution is 9.10. The molecule has 19 heavy (non-hydrogen) atoms. The first kappa shape index (κ1) is 17.1. The van der Waals surface area contributed by atoms with E-state index >= 15 is 0 Å². The van der Waals surface area contributed by atoms with Crippen molar-refractivity contribution in [3.63, 3.8) is 0 Å². The molecule has 0 aliphatic carbocycles. The lowest BCUT2D eigenvalue weighted by atomic mass is 9.85. The van der Waals surface area contributed by atoms with E-state index in [-0.39, 0.29) is 6.61 Å². The van der Waals surface area contributed by atoms with E-state index in [1.54, 1.807) is 25.1 Å². The number of halogens is 1. The summed E-state index contributed by atoms with van der Waals surface area (Å²) in [7, 11) is 0. The van der Waals surface area contributed by atoms with Crippen molar-refractivity contribution in [3.05, 3.63) is 28.5 Å². The van der Waals surface area contributed by atoms with E-state index in [1.165, 1.54) is 20.0 Å². The largest absolute Gasteiger partial charge is 0.465 e. The maximum atomic E-state index is 11.7. The Kier molecular flexibility index (Phi) is 7.40. The number of ether oxygens (including phenoxy) is 1. The molecule has 0 saturated heterocycles. The number of carbonyl (C=O) groups is 1. The van der Waals surface area contributed by atoms with Gasteiger partial charge < -0.3 is 4.74 Å². The summed E-state index contributed by atoms with van der Waals surface area (Å²) >= 11 is 3.20. The topological polar surface area (TPSA) is 86.8 Å². The Morgan fingerprint density at radius 1 is 1.58 bits per heavy atom. The van der Waals surface area contributed by atoms with Crippen LogP contribution in [0.2, 0.25) is 0 Å². The van der Waals surface area contributed by atoms with E-state index in [0.717, 1.165) is 0 Å². The number of esters is 1. The third kappa shape index (κ3) is 4.69.